The standard InChI is InChI=1S/C18H21NO2S/c20-12-13-3-1-2-4-14(13)17-11-15-16(22-17)5-10-21-18(15)6-8-19-9-7-18/h1-4,11,19-20H,5-10,12H2. The van der Waals surface area contributed by atoms with Crippen LogP contribution < -0.4 is 5.32 Å². The van der Waals surface area contributed by atoms with E-state index >= 15 is 0 Å². The van der Waals surface area contributed by atoms with Crippen molar-refractivity contribution >= 4 is 11.3 Å². The zero-order valence-electron chi connectivity index (χ0n) is 12.6. The lowest BCUT2D eigenvalue weighted by Crippen LogP contribution is -2.44. The second-order valence-corrected chi connectivity index (χ2v) is 7.24. The van der Waals surface area contributed by atoms with Gasteiger partial charge in [-0.25, -0.2) is 0 Å². The van der Waals surface area contributed by atoms with Crippen LogP contribution in [0.25, 0.3) is 10.4 Å². The first-order valence-corrected chi connectivity index (χ1v) is 8.81. The molecule has 2 aliphatic rings. The van der Waals surface area contributed by atoms with Crippen LogP contribution in [0.4, 0.5) is 0 Å². The van der Waals surface area contributed by atoms with Crippen molar-refractivity contribution in [3.8, 4) is 10.4 Å². The number of rotatable bonds is 2. The molecule has 3 heterocycles. The Labute approximate surface area is 134 Å². The Balaban J connectivity index is 1.79. The molecule has 3 nitrogen and oxygen atoms in total. The minimum atomic E-state index is -0.0816. The normalized spacial score (nSPS) is 20.0. The highest BCUT2D eigenvalue weighted by atomic mass is 32.1. The van der Waals surface area contributed by atoms with Crippen LogP contribution in [0.1, 0.15) is 28.8 Å². The predicted molar refractivity (Wildman–Crippen MR) is 89.1 cm³/mol. The zero-order chi connectivity index (χ0) is 15.0. The molecule has 1 aromatic heterocycles. The molecule has 2 N–H and O–H groups in total. The van der Waals surface area contributed by atoms with Gasteiger partial charge in [-0.1, -0.05) is 24.3 Å². The summed E-state index contributed by atoms with van der Waals surface area (Å²) >= 11 is 1.87. The molecule has 0 radical (unpaired) electrons. The molecule has 0 amide bonds. The van der Waals surface area contributed by atoms with Gasteiger partial charge < -0.3 is 15.2 Å². The molecule has 1 aromatic carbocycles. The molecule has 0 unspecified atom stereocenters. The van der Waals surface area contributed by atoms with Gasteiger partial charge in [0, 0.05) is 16.2 Å². The Morgan fingerprint density at radius 1 is 1.23 bits per heavy atom. The summed E-state index contributed by atoms with van der Waals surface area (Å²) in [4.78, 5) is 2.73. The summed E-state index contributed by atoms with van der Waals surface area (Å²) in [6, 6.07) is 10.5. The summed E-state index contributed by atoms with van der Waals surface area (Å²) in [5.41, 5.74) is 3.48. The molecule has 4 rings (SSSR count). The van der Waals surface area contributed by atoms with Crippen LogP contribution in [0.3, 0.4) is 0 Å². The van der Waals surface area contributed by atoms with Gasteiger partial charge in [-0.2, -0.15) is 0 Å². The highest BCUT2D eigenvalue weighted by Gasteiger charge is 2.40. The van der Waals surface area contributed by atoms with Crippen LogP contribution in [0.15, 0.2) is 30.3 Å². The summed E-state index contributed by atoms with van der Waals surface area (Å²) < 4.78 is 6.26. The van der Waals surface area contributed by atoms with Crippen LogP contribution in [0.5, 0.6) is 0 Å². The second kappa shape index (κ2) is 5.78. The molecule has 22 heavy (non-hydrogen) atoms. The van der Waals surface area contributed by atoms with Gasteiger partial charge in [0.05, 0.1) is 18.8 Å². The molecule has 2 aliphatic heterocycles. The Morgan fingerprint density at radius 3 is 2.86 bits per heavy atom. The minimum Gasteiger partial charge on any atom is -0.392 e. The van der Waals surface area contributed by atoms with Crippen molar-refractivity contribution in [2.45, 2.75) is 31.5 Å². The summed E-state index contributed by atoms with van der Waals surface area (Å²) in [5.74, 6) is 0. The largest absolute Gasteiger partial charge is 0.392 e. The molecule has 116 valence electrons. The zero-order valence-corrected chi connectivity index (χ0v) is 13.4. The Kier molecular flexibility index (Phi) is 3.78. The first-order chi connectivity index (χ1) is 10.8. The number of ether oxygens (including phenoxy) is 1. The average Bonchev–Trinajstić information content (AvgIpc) is 3.01. The number of nitrogens with one attached hydrogen (secondary N) is 1. The van der Waals surface area contributed by atoms with E-state index in [0.29, 0.717) is 0 Å². The molecular weight excluding hydrogens is 294 g/mol. The van der Waals surface area contributed by atoms with Crippen molar-refractivity contribution < 1.29 is 9.84 Å². The van der Waals surface area contributed by atoms with Gasteiger partial charge in [0.1, 0.15) is 0 Å². The third-order valence-electron chi connectivity index (χ3n) is 4.87. The molecule has 1 saturated heterocycles. The summed E-state index contributed by atoms with van der Waals surface area (Å²) in [6.07, 6.45) is 3.12. The van der Waals surface area contributed by atoms with E-state index in [1.807, 2.05) is 29.5 Å². The molecule has 1 spiro atoms. The molecule has 0 saturated carbocycles. The molecular formula is C18H21NO2S. The van der Waals surface area contributed by atoms with Crippen LogP contribution >= 0.6 is 11.3 Å². The fourth-order valence-corrected chi connectivity index (χ4v) is 4.98. The number of thiophene rings is 1. The summed E-state index contributed by atoms with van der Waals surface area (Å²) in [7, 11) is 0. The predicted octanol–water partition coefficient (Wildman–Crippen LogP) is 3.06. The molecule has 0 aliphatic carbocycles. The lowest BCUT2D eigenvalue weighted by atomic mass is 9.82. The van der Waals surface area contributed by atoms with Gasteiger partial charge in [0.25, 0.3) is 0 Å². The van der Waals surface area contributed by atoms with E-state index in [-0.39, 0.29) is 12.2 Å². The molecule has 4 heteroatoms. The molecule has 0 atom stereocenters. The SMILES string of the molecule is OCc1ccccc1-c1cc2c(s1)CCOC21CCNCC1. The van der Waals surface area contributed by atoms with Gasteiger partial charge in [0.2, 0.25) is 0 Å². The second-order valence-electron chi connectivity index (χ2n) is 6.11. The smallest absolute Gasteiger partial charge is 0.0966 e. The number of piperidine rings is 1. The number of aliphatic hydroxyl groups excluding tert-OH is 1. The fraction of sp³-hybridized carbons (Fsp3) is 0.444. The quantitative estimate of drug-likeness (QED) is 0.895. The van der Waals surface area contributed by atoms with Crippen LogP contribution in [0.2, 0.25) is 0 Å². The maximum atomic E-state index is 9.60. The van der Waals surface area contributed by atoms with Gasteiger partial charge >= 0.3 is 0 Å². The van der Waals surface area contributed by atoms with E-state index in [4.69, 9.17) is 4.74 Å². The van der Waals surface area contributed by atoms with Crippen LogP contribution in [0, 0.1) is 0 Å². The summed E-state index contributed by atoms with van der Waals surface area (Å²) in [5, 5.41) is 13.0. The van der Waals surface area contributed by atoms with Crippen molar-refractivity contribution in [3.05, 3.63) is 46.3 Å². The number of hydrogen-bond donors (Lipinski definition) is 2. The number of fused-ring (bicyclic) bond motifs is 2. The number of hydrogen-bond acceptors (Lipinski definition) is 4. The molecule has 1 fully saturated rings. The van der Waals surface area contributed by atoms with Gasteiger partial charge in [-0.15, -0.1) is 11.3 Å². The third kappa shape index (κ3) is 2.31. The third-order valence-corrected chi connectivity index (χ3v) is 6.10. The van der Waals surface area contributed by atoms with E-state index in [9.17, 15) is 5.11 Å². The Hall–Kier alpha value is -1.20. The Bertz CT molecular complexity index is 673. The lowest BCUT2D eigenvalue weighted by Gasteiger charge is -2.40. The van der Waals surface area contributed by atoms with Crippen molar-refractivity contribution in [1.82, 2.24) is 5.32 Å². The number of aliphatic hydroxyl groups is 1. The van der Waals surface area contributed by atoms with E-state index in [0.717, 1.165) is 50.1 Å². The maximum absolute atomic E-state index is 9.60. The van der Waals surface area contributed by atoms with Gasteiger partial charge in [-0.05, 0) is 48.7 Å². The summed E-state index contributed by atoms with van der Waals surface area (Å²) in [6.45, 7) is 2.97. The first-order valence-electron chi connectivity index (χ1n) is 7.99. The van der Waals surface area contributed by atoms with E-state index in [1.165, 1.54) is 15.3 Å². The first kappa shape index (κ1) is 14.4. The highest BCUT2D eigenvalue weighted by Crippen LogP contribution is 2.46. The Morgan fingerprint density at radius 2 is 2.05 bits per heavy atom. The molecule has 0 bridgehead atoms. The highest BCUT2D eigenvalue weighted by molar-refractivity contribution is 7.15. The van der Waals surface area contributed by atoms with Crippen molar-refractivity contribution in [1.29, 1.82) is 0 Å². The van der Waals surface area contributed by atoms with Crippen molar-refractivity contribution in [2.24, 2.45) is 0 Å². The van der Waals surface area contributed by atoms with E-state index in [1.54, 1.807) is 0 Å². The number of benzene rings is 1. The van der Waals surface area contributed by atoms with E-state index < -0.39 is 0 Å². The van der Waals surface area contributed by atoms with Crippen molar-refractivity contribution in [2.75, 3.05) is 19.7 Å². The van der Waals surface area contributed by atoms with Crippen molar-refractivity contribution in [3.63, 3.8) is 0 Å². The average molecular weight is 315 g/mol. The van der Waals surface area contributed by atoms with Crippen LogP contribution in [-0.2, 0) is 23.4 Å². The minimum absolute atomic E-state index is 0.0816. The molecule has 2 aromatic rings. The lowest BCUT2D eigenvalue weighted by molar-refractivity contribution is -0.0792. The fourth-order valence-electron chi connectivity index (χ4n) is 3.69. The topological polar surface area (TPSA) is 41.5 Å². The van der Waals surface area contributed by atoms with Gasteiger partial charge in [0.15, 0.2) is 0 Å². The van der Waals surface area contributed by atoms with Crippen LogP contribution in [-0.4, -0.2) is 24.8 Å². The monoisotopic (exact) mass is 315 g/mol. The van der Waals surface area contributed by atoms with Gasteiger partial charge in [-0.3, -0.25) is 0 Å². The maximum Gasteiger partial charge on any atom is 0.0966 e. The van der Waals surface area contributed by atoms with E-state index in [2.05, 4.69) is 17.4 Å².